The predicted octanol–water partition coefficient (Wildman–Crippen LogP) is 5.36. The van der Waals surface area contributed by atoms with Crippen molar-refractivity contribution in [2.75, 3.05) is 0 Å². The normalized spacial score (nSPS) is 10.6. The lowest BCUT2D eigenvalue weighted by atomic mass is 10.2. The number of aromatic nitrogens is 4. The van der Waals surface area contributed by atoms with E-state index in [1.807, 2.05) is 25.4 Å². The number of nitrogens with one attached hydrogen (secondary N) is 1. The summed E-state index contributed by atoms with van der Waals surface area (Å²) in [4.78, 5) is 0. The molecule has 0 saturated carbocycles. The molecule has 0 saturated heterocycles. The van der Waals surface area contributed by atoms with Crippen molar-refractivity contribution < 1.29 is 9.47 Å². The lowest BCUT2D eigenvalue weighted by Crippen LogP contribution is -1.96. The molecule has 30 heavy (non-hydrogen) atoms. The molecule has 2 heterocycles. The quantitative estimate of drug-likeness (QED) is 0.436. The molecule has 1 N–H and O–H groups in total. The highest BCUT2D eigenvalue weighted by atomic mass is 35.5. The zero-order valence-electron chi connectivity index (χ0n) is 15.8. The summed E-state index contributed by atoms with van der Waals surface area (Å²) in [5.41, 5.74) is 2.90. The molecule has 0 aliphatic carbocycles. The van der Waals surface area contributed by atoms with E-state index in [4.69, 9.17) is 37.9 Å². The van der Waals surface area contributed by atoms with Crippen LogP contribution in [0.5, 0.6) is 17.2 Å². The number of hydrogen-bond donors (Lipinski definition) is 1. The topological polar surface area (TPSA) is 88.8 Å². The fourth-order valence-electron chi connectivity index (χ4n) is 2.76. The second-order valence-corrected chi connectivity index (χ2v) is 7.30. The SMILES string of the molecule is Cn1cc(-c2cc(COc3ccc(Cl)c(Oc4cc(Cl)cc(C#N)c4)c3)[nH]n2)cn1. The molecule has 0 bridgehead atoms. The van der Waals surface area contributed by atoms with Crippen molar-refractivity contribution >= 4 is 23.2 Å². The Morgan fingerprint density at radius 2 is 2.00 bits per heavy atom. The molecule has 9 heteroatoms. The average Bonchev–Trinajstić information content (AvgIpc) is 3.37. The molecule has 0 aliphatic heterocycles. The Morgan fingerprint density at radius 1 is 1.13 bits per heavy atom. The number of hydrogen-bond acceptors (Lipinski definition) is 5. The maximum absolute atomic E-state index is 9.08. The van der Waals surface area contributed by atoms with Gasteiger partial charge in [-0.25, -0.2) is 0 Å². The van der Waals surface area contributed by atoms with Crippen LogP contribution in [-0.2, 0) is 13.7 Å². The lowest BCUT2D eigenvalue weighted by Gasteiger charge is -2.11. The van der Waals surface area contributed by atoms with Crippen molar-refractivity contribution in [3.63, 3.8) is 0 Å². The van der Waals surface area contributed by atoms with Crippen LogP contribution in [0.1, 0.15) is 11.3 Å². The number of aryl methyl sites for hydroxylation is 1. The lowest BCUT2D eigenvalue weighted by molar-refractivity contribution is 0.299. The summed E-state index contributed by atoms with van der Waals surface area (Å²) in [5, 5.41) is 21.3. The van der Waals surface area contributed by atoms with Crippen LogP contribution in [0.2, 0.25) is 10.0 Å². The summed E-state index contributed by atoms with van der Waals surface area (Å²) in [7, 11) is 1.85. The summed E-state index contributed by atoms with van der Waals surface area (Å²) in [5.74, 6) is 1.36. The van der Waals surface area contributed by atoms with E-state index >= 15 is 0 Å². The van der Waals surface area contributed by atoms with Gasteiger partial charge in [0, 0.05) is 29.9 Å². The fourth-order valence-corrected chi connectivity index (χ4v) is 3.14. The van der Waals surface area contributed by atoms with Gasteiger partial charge in [-0.05, 0) is 36.4 Å². The van der Waals surface area contributed by atoms with E-state index in [1.54, 1.807) is 47.3 Å². The van der Waals surface area contributed by atoms with Crippen LogP contribution >= 0.6 is 23.2 Å². The van der Waals surface area contributed by atoms with E-state index in [-0.39, 0.29) is 6.61 Å². The first-order chi connectivity index (χ1) is 14.5. The molecule has 4 rings (SSSR count). The number of benzene rings is 2. The van der Waals surface area contributed by atoms with Gasteiger partial charge in [0.05, 0.1) is 34.2 Å². The molecule has 0 radical (unpaired) electrons. The summed E-state index contributed by atoms with van der Waals surface area (Å²) in [6, 6.07) is 13.8. The minimum Gasteiger partial charge on any atom is -0.487 e. The Kier molecular flexibility index (Phi) is 5.61. The third-order valence-corrected chi connectivity index (χ3v) is 4.69. The Balaban J connectivity index is 1.47. The minimum atomic E-state index is 0.282. The van der Waals surface area contributed by atoms with E-state index in [0.717, 1.165) is 17.0 Å². The van der Waals surface area contributed by atoms with Gasteiger partial charge >= 0.3 is 0 Å². The number of halogens is 2. The van der Waals surface area contributed by atoms with Crippen LogP contribution in [0.4, 0.5) is 0 Å². The first kappa shape index (κ1) is 19.8. The van der Waals surface area contributed by atoms with Gasteiger partial charge in [-0.15, -0.1) is 0 Å². The maximum Gasteiger partial charge on any atom is 0.149 e. The maximum atomic E-state index is 9.08. The van der Waals surface area contributed by atoms with Gasteiger partial charge in [0.25, 0.3) is 0 Å². The Labute approximate surface area is 182 Å². The van der Waals surface area contributed by atoms with Crippen molar-refractivity contribution in [3.05, 3.63) is 76.2 Å². The minimum absolute atomic E-state index is 0.282. The van der Waals surface area contributed by atoms with Crippen molar-refractivity contribution in [3.8, 4) is 34.6 Å². The molecule has 7 nitrogen and oxygen atoms in total. The molecular formula is C21H15Cl2N5O2. The molecule has 0 aliphatic rings. The van der Waals surface area contributed by atoms with Gasteiger partial charge in [-0.2, -0.15) is 15.5 Å². The summed E-state index contributed by atoms with van der Waals surface area (Å²) < 4.78 is 13.4. The van der Waals surface area contributed by atoms with Crippen molar-refractivity contribution in [1.82, 2.24) is 20.0 Å². The predicted molar refractivity (Wildman–Crippen MR) is 113 cm³/mol. The monoisotopic (exact) mass is 439 g/mol. The smallest absolute Gasteiger partial charge is 0.149 e. The number of ether oxygens (including phenoxy) is 2. The molecule has 0 atom stereocenters. The molecule has 4 aromatic rings. The molecule has 0 spiro atoms. The second-order valence-electron chi connectivity index (χ2n) is 6.45. The average molecular weight is 440 g/mol. The van der Waals surface area contributed by atoms with Crippen LogP contribution < -0.4 is 9.47 Å². The third kappa shape index (κ3) is 4.57. The van der Waals surface area contributed by atoms with E-state index in [2.05, 4.69) is 15.3 Å². The highest BCUT2D eigenvalue weighted by Crippen LogP contribution is 2.34. The third-order valence-electron chi connectivity index (χ3n) is 4.16. The Morgan fingerprint density at radius 3 is 2.77 bits per heavy atom. The zero-order chi connectivity index (χ0) is 21.1. The van der Waals surface area contributed by atoms with Gasteiger partial charge in [-0.3, -0.25) is 9.78 Å². The van der Waals surface area contributed by atoms with Gasteiger partial charge in [0.1, 0.15) is 23.9 Å². The highest BCUT2D eigenvalue weighted by molar-refractivity contribution is 6.32. The van der Waals surface area contributed by atoms with E-state index in [9.17, 15) is 0 Å². The number of nitriles is 1. The number of H-pyrrole nitrogens is 1. The van der Waals surface area contributed by atoms with Crippen molar-refractivity contribution in [1.29, 1.82) is 5.26 Å². The van der Waals surface area contributed by atoms with E-state index in [0.29, 0.717) is 32.9 Å². The van der Waals surface area contributed by atoms with Crippen LogP contribution in [0, 0.1) is 11.3 Å². The number of nitrogens with zero attached hydrogens (tertiary/aromatic N) is 4. The van der Waals surface area contributed by atoms with Crippen LogP contribution in [0.15, 0.2) is 54.9 Å². The molecule has 150 valence electrons. The van der Waals surface area contributed by atoms with E-state index < -0.39 is 0 Å². The Bertz CT molecular complexity index is 1240. The first-order valence-corrected chi connectivity index (χ1v) is 9.60. The van der Waals surface area contributed by atoms with Crippen molar-refractivity contribution in [2.45, 2.75) is 6.61 Å². The molecule has 2 aromatic heterocycles. The number of rotatable bonds is 6. The summed E-state index contributed by atoms with van der Waals surface area (Å²) in [6.45, 7) is 0.282. The molecule has 0 amide bonds. The molecule has 2 aromatic carbocycles. The van der Waals surface area contributed by atoms with Crippen LogP contribution in [0.25, 0.3) is 11.3 Å². The van der Waals surface area contributed by atoms with Crippen LogP contribution in [0.3, 0.4) is 0 Å². The standard InChI is InChI=1S/C21H15Cl2N5O2/c1-28-11-14(10-25-28)20-7-16(26-27-20)12-29-17-2-3-19(23)21(8-17)30-18-5-13(9-24)4-15(22)6-18/h2-8,10-11H,12H2,1H3,(H,26,27). The van der Waals surface area contributed by atoms with Crippen LogP contribution in [-0.4, -0.2) is 20.0 Å². The highest BCUT2D eigenvalue weighted by Gasteiger charge is 2.10. The summed E-state index contributed by atoms with van der Waals surface area (Å²) >= 11 is 12.3. The summed E-state index contributed by atoms with van der Waals surface area (Å²) in [6.07, 6.45) is 3.63. The molecule has 0 unspecified atom stereocenters. The molecule has 0 fully saturated rings. The van der Waals surface area contributed by atoms with Gasteiger partial charge in [-0.1, -0.05) is 23.2 Å². The first-order valence-electron chi connectivity index (χ1n) is 8.84. The van der Waals surface area contributed by atoms with Crippen molar-refractivity contribution in [2.24, 2.45) is 7.05 Å². The van der Waals surface area contributed by atoms with Gasteiger partial charge in [0.15, 0.2) is 0 Å². The zero-order valence-corrected chi connectivity index (χ0v) is 17.3. The molecular weight excluding hydrogens is 425 g/mol. The van der Waals surface area contributed by atoms with Gasteiger partial charge < -0.3 is 9.47 Å². The van der Waals surface area contributed by atoms with Gasteiger partial charge in [0.2, 0.25) is 0 Å². The van der Waals surface area contributed by atoms with E-state index in [1.165, 1.54) is 0 Å². The largest absolute Gasteiger partial charge is 0.487 e. The Hall–Kier alpha value is -3.47. The number of aromatic amines is 1. The fraction of sp³-hybridized carbons (Fsp3) is 0.0952. The second kappa shape index (κ2) is 8.49.